The van der Waals surface area contributed by atoms with E-state index in [2.05, 4.69) is 25.7 Å². The van der Waals surface area contributed by atoms with E-state index in [-0.39, 0.29) is 0 Å². The predicted molar refractivity (Wildman–Crippen MR) is 54.7 cm³/mol. The van der Waals surface area contributed by atoms with Crippen LogP contribution in [0.15, 0.2) is 0 Å². The zero-order chi connectivity index (χ0) is 9.84. The van der Waals surface area contributed by atoms with Gasteiger partial charge in [0.2, 0.25) is 0 Å². The largest absolute Gasteiger partial charge is 0.373 e. The number of nitrogens with two attached hydrogens (primary N) is 1. The highest BCUT2D eigenvalue weighted by Gasteiger charge is 2.21. The molecule has 1 aliphatic rings. The van der Waals surface area contributed by atoms with Crippen LogP contribution in [0.25, 0.3) is 0 Å². The van der Waals surface area contributed by atoms with Crippen molar-refractivity contribution < 1.29 is 4.74 Å². The van der Waals surface area contributed by atoms with Gasteiger partial charge in [-0.1, -0.05) is 0 Å². The third-order valence-corrected chi connectivity index (χ3v) is 2.40. The van der Waals surface area contributed by atoms with E-state index >= 15 is 0 Å². The smallest absolute Gasteiger partial charge is 0.0678 e. The Labute approximate surface area is 81.2 Å². The van der Waals surface area contributed by atoms with Crippen molar-refractivity contribution in [1.82, 2.24) is 4.90 Å². The van der Waals surface area contributed by atoms with Crippen LogP contribution in [0.1, 0.15) is 27.2 Å². The minimum atomic E-state index is 0.313. The van der Waals surface area contributed by atoms with Gasteiger partial charge in [0.05, 0.1) is 12.2 Å². The first-order valence-corrected chi connectivity index (χ1v) is 5.21. The van der Waals surface area contributed by atoms with Crippen molar-refractivity contribution in [2.45, 2.75) is 45.4 Å². The minimum Gasteiger partial charge on any atom is -0.373 e. The maximum Gasteiger partial charge on any atom is 0.0678 e. The number of nitrogens with zero attached hydrogens (tertiary/aromatic N) is 1. The molecule has 0 radical (unpaired) electrons. The Kier molecular flexibility index (Phi) is 4.16. The van der Waals surface area contributed by atoms with Crippen molar-refractivity contribution in [3.8, 4) is 0 Å². The first-order valence-electron chi connectivity index (χ1n) is 5.21. The van der Waals surface area contributed by atoms with Gasteiger partial charge in [-0.05, 0) is 33.7 Å². The number of morpholine rings is 1. The molecule has 3 atom stereocenters. The fourth-order valence-corrected chi connectivity index (χ4v) is 1.85. The maximum atomic E-state index is 5.72. The number of hydrogen-bond acceptors (Lipinski definition) is 3. The van der Waals surface area contributed by atoms with Crippen molar-refractivity contribution in [2.75, 3.05) is 19.6 Å². The molecule has 0 aromatic carbocycles. The summed E-state index contributed by atoms with van der Waals surface area (Å²) < 4.78 is 5.65. The average molecular weight is 186 g/mol. The summed E-state index contributed by atoms with van der Waals surface area (Å²) in [7, 11) is 0. The Morgan fingerprint density at radius 1 is 1.38 bits per heavy atom. The van der Waals surface area contributed by atoms with E-state index in [1.165, 1.54) is 0 Å². The average Bonchev–Trinajstić information content (AvgIpc) is 1.99. The van der Waals surface area contributed by atoms with Crippen LogP contribution >= 0.6 is 0 Å². The first-order chi connectivity index (χ1) is 6.08. The van der Waals surface area contributed by atoms with Gasteiger partial charge in [0.25, 0.3) is 0 Å². The molecular weight excluding hydrogens is 164 g/mol. The normalized spacial score (nSPS) is 33.2. The van der Waals surface area contributed by atoms with Crippen molar-refractivity contribution in [1.29, 1.82) is 0 Å². The Morgan fingerprint density at radius 2 is 1.92 bits per heavy atom. The van der Waals surface area contributed by atoms with Gasteiger partial charge >= 0.3 is 0 Å². The molecule has 0 aromatic rings. The number of rotatable bonds is 3. The molecular formula is C10H22N2O. The quantitative estimate of drug-likeness (QED) is 0.709. The van der Waals surface area contributed by atoms with E-state index in [1.54, 1.807) is 0 Å². The predicted octanol–water partition coefficient (Wildman–Crippen LogP) is 0.833. The highest BCUT2D eigenvalue weighted by atomic mass is 16.5. The Hall–Kier alpha value is -0.120. The third kappa shape index (κ3) is 4.07. The number of hydrogen-bond donors (Lipinski definition) is 1. The zero-order valence-corrected chi connectivity index (χ0v) is 8.99. The molecule has 13 heavy (non-hydrogen) atoms. The molecule has 78 valence electrons. The van der Waals surface area contributed by atoms with Gasteiger partial charge in [0, 0.05) is 19.1 Å². The van der Waals surface area contributed by atoms with E-state index in [0.29, 0.717) is 18.2 Å². The summed E-state index contributed by atoms with van der Waals surface area (Å²) in [5, 5.41) is 0. The summed E-state index contributed by atoms with van der Waals surface area (Å²) in [5.41, 5.74) is 5.72. The van der Waals surface area contributed by atoms with Crippen LogP contribution in [0, 0.1) is 0 Å². The molecule has 0 saturated carbocycles. The van der Waals surface area contributed by atoms with Crippen LogP contribution in [0.2, 0.25) is 0 Å². The second-order valence-electron chi connectivity index (χ2n) is 4.28. The highest BCUT2D eigenvalue weighted by Crippen LogP contribution is 2.10. The van der Waals surface area contributed by atoms with Crippen molar-refractivity contribution in [3.05, 3.63) is 0 Å². The Bertz CT molecular complexity index is 140. The molecule has 1 aliphatic heterocycles. The molecule has 1 saturated heterocycles. The molecule has 0 amide bonds. The molecule has 0 unspecified atom stereocenters. The summed E-state index contributed by atoms with van der Waals surface area (Å²) >= 11 is 0. The molecule has 0 aromatic heterocycles. The van der Waals surface area contributed by atoms with Gasteiger partial charge in [-0.3, -0.25) is 4.90 Å². The topological polar surface area (TPSA) is 38.5 Å². The van der Waals surface area contributed by atoms with Crippen molar-refractivity contribution >= 4 is 0 Å². The maximum absolute atomic E-state index is 5.72. The Morgan fingerprint density at radius 3 is 2.38 bits per heavy atom. The van der Waals surface area contributed by atoms with Gasteiger partial charge in [-0.15, -0.1) is 0 Å². The van der Waals surface area contributed by atoms with Gasteiger partial charge in [-0.25, -0.2) is 0 Å². The molecule has 2 N–H and O–H groups in total. The van der Waals surface area contributed by atoms with Gasteiger partial charge in [0.1, 0.15) is 0 Å². The SMILES string of the molecule is C[C@@H](N)CCN1C[C@H](C)O[C@@H](C)C1. The third-order valence-electron chi connectivity index (χ3n) is 2.40. The van der Waals surface area contributed by atoms with Gasteiger partial charge in [0.15, 0.2) is 0 Å². The monoisotopic (exact) mass is 186 g/mol. The lowest BCUT2D eigenvalue weighted by molar-refractivity contribution is -0.0683. The van der Waals surface area contributed by atoms with Crippen LogP contribution in [-0.4, -0.2) is 42.8 Å². The molecule has 1 heterocycles. The first kappa shape index (κ1) is 11.0. The standard InChI is InChI=1S/C10H22N2O/c1-8(11)4-5-12-6-9(2)13-10(3)7-12/h8-10H,4-7,11H2,1-3H3/t8-,9+,10+/m1/s1. The fraction of sp³-hybridized carbons (Fsp3) is 1.00. The van der Waals surface area contributed by atoms with Crippen LogP contribution in [0.4, 0.5) is 0 Å². The van der Waals surface area contributed by atoms with Crippen molar-refractivity contribution in [2.24, 2.45) is 5.73 Å². The van der Waals surface area contributed by atoms with Crippen LogP contribution in [0.3, 0.4) is 0 Å². The van der Waals surface area contributed by atoms with E-state index in [9.17, 15) is 0 Å². The lowest BCUT2D eigenvalue weighted by Gasteiger charge is -2.35. The molecule has 3 nitrogen and oxygen atoms in total. The summed E-state index contributed by atoms with van der Waals surface area (Å²) in [6.07, 6.45) is 1.83. The van der Waals surface area contributed by atoms with E-state index < -0.39 is 0 Å². The molecule has 0 aliphatic carbocycles. The molecule has 3 heteroatoms. The number of ether oxygens (including phenoxy) is 1. The lowest BCUT2D eigenvalue weighted by Crippen LogP contribution is -2.46. The molecule has 0 spiro atoms. The van der Waals surface area contributed by atoms with Crippen LogP contribution in [-0.2, 0) is 4.74 Å². The van der Waals surface area contributed by atoms with E-state index in [0.717, 1.165) is 26.1 Å². The molecule has 1 rings (SSSR count). The van der Waals surface area contributed by atoms with E-state index in [1.807, 2.05) is 0 Å². The van der Waals surface area contributed by atoms with Crippen LogP contribution < -0.4 is 5.73 Å². The Balaban J connectivity index is 2.25. The molecule has 0 bridgehead atoms. The van der Waals surface area contributed by atoms with E-state index in [4.69, 9.17) is 10.5 Å². The summed E-state index contributed by atoms with van der Waals surface area (Å²) in [6, 6.07) is 0.313. The minimum absolute atomic E-state index is 0.313. The van der Waals surface area contributed by atoms with Gasteiger partial charge < -0.3 is 10.5 Å². The zero-order valence-electron chi connectivity index (χ0n) is 8.99. The van der Waals surface area contributed by atoms with Gasteiger partial charge in [-0.2, -0.15) is 0 Å². The molecule has 1 fully saturated rings. The van der Waals surface area contributed by atoms with Crippen LogP contribution in [0.5, 0.6) is 0 Å². The lowest BCUT2D eigenvalue weighted by atomic mass is 10.2. The summed E-state index contributed by atoms with van der Waals surface area (Å²) in [5.74, 6) is 0. The summed E-state index contributed by atoms with van der Waals surface area (Å²) in [4.78, 5) is 2.45. The van der Waals surface area contributed by atoms with Crippen molar-refractivity contribution in [3.63, 3.8) is 0 Å². The fourth-order valence-electron chi connectivity index (χ4n) is 1.85. The second-order valence-corrected chi connectivity index (χ2v) is 4.28. The highest BCUT2D eigenvalue weighted by molar-refractivity contribution is 4.73. The summed E-state index contributed by atoms with van der Waals surface area (Å²) in [6.45, 7) is 9.54. The second kappa shape index (κ2) is 4.94.